The Hall–Kier alpha value is -0.930. The van der Waals surface area contributed by atoms with E-state index in [9.17, 15) is 9.59 Å². The maximum Gasteiger partial charge on any atom is 0.284 e. The van der Waals surface area contributed by atoms with E-state index in [4.69, 9.17) is 10.5 Å². The predicted molar refractivity (Wildman–Crippen MR) is 71.3 cm³/mol. The molecular weight excluding hydrogens is 337 g/mol. The molecule has 0 aromatic rings. The molecule has 0 radical (unpaired) electrons. The third-order valence-electron chi connectivity index (χ3n) is 2.20. The van der Waals surface area contributed by atoms with Crippen LogP contribution in [0.1, 0.15) is 6.42 Å². The number of carbonyl (C=O) groups is 2. The minimum absolute atomic E-state index is 0.0827. The van der Waals surface area contributed by atoms with E-state index in [2.05, 4.69) is 10.6 Å². The van der Waals surface area contributed by atoms with Gasteiger partial charge < -0.3 is 15.8 Å². The zero-order valence-electron chi connectivity index (χ0n) is 9.33. The van der Waals surface area contributed by atoms with E-state index in [-0.39, 0.29) is 9.96 Å². The molecule has 94 valence electrons. The molecule has 17 heavy (non-hydrogen) atoms. The number of allylic oxidation sites excluding steroid dienone is 1. The highest BCUT2D eigenvalue weighted by molar-refractivity contribution is 14.1. The van der Waals surface area contributed by atoms with Crippen LogP contribution in [-0.4, -0.2) is 29.7 Å². The van der Waals surface area contributed by atoms with Gasteiger partial charge in [0.15, 0.2) is 0 Å². The summed E-state index contributed by atoms with van der Waals surface area (Å²) in [6.45, 7) is 0.360. The van der Waals surface area contributed by atoms with Gasteiger partial charge in [0.25, 0.3) is 3.91 Å². The molecule has 1 aliphatic carbocycles. The van der Waals surface area contributed by atoms with Crippen molar-refractivity contribution in [3.63, 3.8) is 0 Å². The maximum absolute atomic E-state index is 11.2. The summed E-state index contributed by atoms with van der Waals surface area (Å²) in [5.41, 5.74) is 6.28. The molecule has 0 bridgehead atoms. The van der Waals surface area contributed by atoms with Crippen LogP contribution in [0.4, 0.5) is 4.79 Å². The fourth-order valence-electron chi connectivity index (χ4n) is 1.49. The average molecular weight is 351 g/mol. The first kappa shape index (κ1) is 14.1. The molecule has 0 aromatic carbocycles. The van der Waals surface area contributed by atoms with Crippen LogP contribution in [0, 0.1) is 0 Å². The zero-order chi connectivity index (χ0) is 12.8. The van der Waals surface area contributed by atoms with Gasteiger partial charge in [0.05, 0.1) is 6.73 Å². The van der Waals surface area contributed by atoms with Crippen LogP contribution in [-0.2, 0) is 9.53 Å². The van der Waals surface area contributed by atoms with Gasteiger partial charge in [0.1, 0.15) is 0 Å². The number of primary amides is 1. The van der Waals surface area contributed by atoms with Gasteiger partial charge in [0.2, 0.25) is 5.91 Å². The fraction of sp³-hybridized carbons (Fsp3) is 0.400. The smallest absolute Gasteiger partial charge is 0.284 e. The molecule has 0 heterocycles. The van der Waals surface area contributed by atoms with Crippen LogP contribution in [0.15, 0.2) is 23.4 Å². The van der Waals surface area contributed by atoms with Gasteiger partial charge in [-0.05, 0) is 18.6 Å². The zero-order valence-corrected chi connectivity index (χ0v) is 11.5. The standard InChI is InChI=1S/C10H14IN3O3/c1-17-5-13-7-2-6(9(12)15)3-8(4-7)14-10(11)16/h3-4,7,13H,2,5H2,1H3,(H2,12,15)(H,14,16). The number of ether oxygens (including phenoxy) is 1. The molecule has 6 nitrogen and oxygen atoms in total. The molecule has 2 amide bonds. The van der Waals surface area contributed by atoms with Gasteiger partial charge in [-0.3, -0.25) is 14.9 Å². The quantitative estimate of drug-likeness (QED) is 0.289. The normalized spacial score (nSPS) is 19.3. The Kier molecular flexibility index (Phi) is 5.59. The molecular formula is C10H14IN3O3. The SMILES string of the molecule is COCNC1C=C(NC(=O)I)C=C(C(N)=O)C1. The minimum atomic E-state index is -0.484. The highest BCUT2D eigenvalue weighted by Crippen LogP contribution is 2.16. The van der Waals surface area contributed by atoms with Gasteiger partial charge in [0, 0.05) is 47.0 Å². The molecule has 4 N–H and O–H groups in total. The van der Waals surface area contributed by atoms with E-state index in [1.807, 2.05) is 6.08 Å². The first-order valence-electron chi connectivity index (χ1n) is 4.94. The van der Waals surface area contributed by atoms with Crippen molar-refractivity contribution in [2.75, 3.05) is 13.8 Å². The molecule has 1 aliphatic rings. The van der Waals surface area contributed by atoms with Crippen molar-refractivity contribution < 1.29 is 14.3 Å². The van der Waals surface area contributed by atoms with Gasteiger partial charge in [-0.2, -0.15) is 0 Å². The molecule has 1 rings (SSSR count). The molecule has 7 heteroatoms. The number of carbonyl (C=O) groups excluding carboxylic acids is 2. The van der Waals surface area contributed by atoms with Gasteiger partial charge >= 0.3 is 0 Å². The Balaban J connectivity index is 2.78. The fourth-order valence-corrected chi connectivity index (χ4v) is 1.80. The summed E-state index contributed by atoms with van der Waals surface area (Å²) >= 11 is 1.62. The number of methoxy groups -OCH3 is 1. The minimum Gasteiger partial charge on any atom is -0.370 e. The Morgan fingerprint density at radius 3 is 2.88 bits per heavy atom. The summed E-state index contributed by atoms with van der Waals surface area (Å²) in [7, 11) is 1.57. The predicted octanol–water partition coefficient (Wildman–Crippen LogP) is 0.392. The summed E-state index contributed by atoms with van der Waals surface area (Å²) < 4.78 is 4.67. The highest BCUT2D eigenvalue weighted by Gasteiger charge is 2.18. The van der Waals surface area contributed by atoms with Crippen molar-refractivity contribution >= 4 is 32.4 Å². The summed E-state index contributed by atoms with van der Waals surface area (Å²) in [6, 6.07) is -0.0827. The second-order valence-electron chi connectivity index (χ2n) is 3.50. The molecule has 0 aromatic heterocycles. The monoisotopic (exact) mass is 351 g/mol. The second kappa shape index (κ2) is 6.72. The van der Waals surface area contributed by atoms with Crippen molar-refractivity contribution in [1.29, 1.82) is 0 Å². The molecule has 1 atom stereocenters. The van der Waals surface area contributed by atoms with Gasteiger partial charge in [-0.15, -0.1) is 0 Å². The third-order valence-corrected chi connectivity index (χ3v) is 2.47. The van der Waals surface area contributed by atoms with E-state index in [1.165, 1.54) is 0 Å². The number of halogens is 1. The van der Waals surface area contributed by atoms with Crippen LogP contribution in [0.25, 0.3) is 0 Å². The van der Waals surface area contributed by atoms with E-state index in [0.29, 0.717) is 24.4 Å². The first-order valence-corrected chi connectivity index (χ1v) is 6.01. The van der Waals surface area contributed by atoms with Crippen molar-refractivity contribution in [2.24, 2.45) is 5.73 Å². The number of hydrogen-bond donors (Lipinski definition) is 3. The number of nitrogens with two attached hydrogens (primary N) is 1. The lowest BCUT2D eigenvalue weighted by Gasteiger charge is -2.21. The maximum atomic E-state index is 11.2. The van der Waals surface area contributed by atoms with Crippen molar-refractivity contribution in [3.8, 4) is 0 Å². The summed E-state index contributed by atoms with van der Waals surface area (Å²) in [6.07, 6.45) is 3.89. The third kappa shape index (κ3) is 4.84. The highest BCUT2D eigenvalue weighted by atomic mass is 127. The molecule has 1 unspecified atom stereocenters. The number of hydrogen-bond acceptors (Lipinski definition) is 4. The molecule has 0 aliphatic heterocycles. The summed E-state index contributed by atoms with van der Waals surface area (Å²) in [5, 5.41) is 5.68. The van der Waals surface area contributed by atoms with Crippen molar-refractivity contribution in [2.45, 2.75) is 12.5 Å². The van der Waals surface area contributed by atoms with Crippen LogP contribution >= 0.6 is 22.6 Å². The van der Waals surface area contributed by atoms with E-state index >= 15 is 0 Å². The molecule has 0 spiro atoms. The summed E-state index contributed by atoms with van der Waals surface area (Å²) in [4.78, 5) is 22.1. The summed E-state index contributed by atoms with van der Waals surface area (Å²) in [5.74, 6) is -0.484. The number of amides is 2. The Bertz CT molecular complexity index is 379. The Labute approximate surface area is 113 Å². The van der Waals surface area contributed by atoms with Crippen LogP contribution in [0.5, 0.6) is 0 Å². The van der Waals surface area contributed by atoms with E-state index < -0.39 is 5.91 Å². The second-order valence-corrected chi connectivity index (χ2v) is 4.48. The van der Waals surface area contributed by atoms with Crippen LogP contribution < -0.4 is 16.4 Å². The van der Waals surface area contributed by atoms with Crippen LogP contribution in [0.2, 0.25) is 0 Å². The molecule has 0 saturated carbocycles. The number of rotatable bonds is 5. The first-order chi connectivity index (χ1) is 8.02. The van der Waals surface area contributed by atoms with Crippen molar-refractivity contribution in [1.82, 2.24) is 10.6 Å². The number of nitrogens with one attached hydrogen (secondary N) is 2. The van der Waals surface area contributed by atoms with E-state index in [1.54, 1.807) is 35.8 Å². The average Bonchev–Trinajstić information content (AvgIpc) is 2.25. The van der Waals surface area contributed by atoms with Crippen LogP contribution in [0.3, 0.4) is 0 Å². The molecule has 0 fully saturated rings. The van der Waals surface area contributed by atoms with Crippen molar-refractivity contribution in [3.05, 3.63) is 23.4 Å². The lowest BCUT2D eigenvalue weighted by molar-refractivity contribution is -0.114. The lowest BCUT2D eigenvalue weighted by atomic mass is 9.98. The largest absolute Gasteiger partial charge is 0.370 e. The Morgan fingerprint density at radius 1 is 1.65 bits per heavy atom. The molecule has 0 saturated heterocycles. The van der Waals surface area contributed by atoms with E-state index in [0.717, 1.165) is 0 Å². The van der Waals surface area contributed by atoms with Gasteiger partial charge in [-0.25, -0.2) is 0 Å². The lowest BCUT2D eigenvalue weighted by Crippen LogP contribution is -2.35. The topological polar surface area (TPSA) is 93.4 Å². The van der Waals surface area contributed by atoms with Gasteiger partial charge in [-0.1, -0.05) is 0 Å². The Morgan fingerprint density at radius 2 is 2.35 bits per heavy atom.